The topological polar surface area (TPSA) is 29.1 Å². The fraction of sp³-hybridized carbons (Fsp3) is 0.588. The highest BCUT2D eigenvalue weighted by atomic mass is 35.5. The van der Waals surface area contributed by atoms with E-state index in [1.807, 2.05) is 39.0 Å². The summed E-state index contributed by atoms with van der Waals surface area (Å²) in [7, 11) is 0. The minimum atomic E-state index is -0.544. The van der Waals surface area contributed by atoms with Gasteiger partial charge in [-0.05, 0) is 36.3 Å². The summed E-state index contributed by atoms with van der Waals surface area (Å²) >= 11 is 12.2. The number of hydrogen-bond donors (Lipinski definition) is 1. The Hall–Kier alpha value is -0.730. The molecule has 0 aliphatic heterocycles. The van der Waals surface area contributed by atoms with Crippen LogP contribution in [0.3, 0.4) is 0 Å². The molecule has 21 heavy (non-hydrogen) atoms. The number of hydrogen-bond acceptors (Lipinski definition) is 1. The Labute approximate surface area is 137 Å². The molecule has 0 aromatic heterocycles. The Balaban J connectivity index is 2.11. The summed E-state index contributed by atoms with van der Waals surface area (Å²) in [5.41, 5.74) is 1.63. The predicted molar refractivity (Wildman–Crippen MR) is 90.1 cm³/mol. The molecule has 0 radical (unpaired) electrons. The van der Waals surface area contributed by atoms with Gasteiger partial charge in [0.15, 0.2) is 0 Å². The minimum Gasteiger partial charge on any atom is -0.325 e. The van der Waals surface area contributed by atoms with Crippen LogP contribution in [-0.2, 0) is 4.79 Å². The number of anilines is 1. The van der Waals surface area contributed by atoms with Crippen LogP contribution in [0.1, 0.15) is 52.0 Å². The quantitative estimate of drug-likeness (QED) is 0.741. The smallest absolute Gasteiger partial charge is 0.229 e. The van der Waals surface area contributed by atoms with E-state index in [1.54, 1.807) is 0 Å². The Morgan fingerprint density at radius 3 is 2.48 bits per heavy atom. The third kappa shape index (κ3) is 4.14. The van der Waals surface area contributed by atoms with E-state index in [9.17, 15) is 4.79 Å². The van der Waals surface area contributed by atoms with Crippen molar-refractivity contribution < 1.29 is 4.79 Å². The average molecular weight is 328 g/mol. The number of para-hydroxylation sites is 1. The summed E-state index contributed by atoms with van der Waals surface area (Å²) in [5, 5.41) is 3.04. The molecule has 4 heteroatoms. The van der Waals surface area contributed by atoms with Gasteiger partial charge in [-0.3, -0.25) is 4.79 Å². The van der Waals surface area contributed by atoms with Crippen LogP contribution in [0.2, 0.25) is 0 Å². The van der Waals surface area contributed by atoms with Crippen LogP contribution in [0.15, 0.2) is 24.3 Å². The molecule has 1 aliphatic carbocycles. The van der Waals surface area contributed by atoms with Crippen LogP contribution < -0.4 is 5.32 Å². The van der Waals surface area contributed by atoms with Crippen molar-refractivity contribution >= 4 is 34.8 Å². The molecule has 0 spiro atoms. The van der Waals surface area contributed by atoms with Crippen LogP contribution in [0.4, 0.5) is 5.69 Å². The maximum Gasteiger partial charge on any atom is 0.229 e. The number of nitrogens with one attached hydrogen (secondary N) is 1. The van der Waals surface area contributed by atoms with Gasteiger partial charge in [0.1, 0.15) is 4.33 Å². The van der Waals surface area contributed by atoms with Crippen LogP contribution in [0.5, 0.6) is 0 Å². The maximum absolute atomic E-state index is 12.2. The molecule has 0 saturated heterocycles. The lowest BCUT2D eigenvalue weighted by molar-refractivity contribution is -0.123. The molecule has 1 aromatic rings. The first-order valence-electron chi connectivity index (χ1n) is 7.39. The molecule has 1 N–H and O–H groups in total. The number of rotatable bonds is 4. The van der Waals surface area contributed by atoms with Gasteiger partial charge in [-0.25, -0.2) is 0 Å². The Morgan fingerprint density at radius 1 is 1.38 bits per heavy atom. The third-order valence-corrected chi connectivity index (χ3v) is 4.94. The average Bonchev–Trinajstić information content (AvgIpc) is 2.95. The maximum atomic E-state index is 12.2. The standard InChI is InChI=1S/C17H23Cl2NO/c1-11(9-12-10-17(12,18)19)13-7-5-6-8-14(13)20-15(21)16(2,3)4/h5-8,11-12H,9-10H2,1-4H3,(H,20,21). The van der Waals surface area contributed by atoms with Crippen LogP contribution >= 0.6 is 23.2 Å². The zero-order valence-electron chi connectivity index (χ0n) is 13.0. The van der Waals surface area contributed by atoms with Crippen molar-refractivity contribution in [3.63, 3.8) is 0 Å². The lowest BCUT2D eigenvalue weighted by Crippen LogP contribution is -2.28. The SMILES string of the molecule is CC(CC1CC1(Cl)Cl)c1ccccc1NC(=O)C(C)(C)C. The van der Waals surface area contributed by atoms with Gasteiger partial charge >= 0.3 is 0 Å². The molecule has 2 atom stereocenters. The highest BCUT2D eigenvalue weighted by molar-refractivity contribution is 6.50. The molecule has 2 nitrogen and oxygen atoms in total. The fourth-order valence-corrected chi connectivity index (χ4v) is 2.98. The van der Waals surface area contributed by atoms with Crippen molar-refractivity contribution in [3.05, 3.63) is 29.8 Å². The van der Waals surface area contributed by atoms with Crippen molar-refractivity contribution in [2.24, 2.45) is 11.3 Å². The number of amides is 1. The first-order valence-corrected chi connectivity index (χ1v) is 8.15. The van der Waals surface area contributed by atoms with Gasteiger partial charge < -0.3 is 5.32 Å². The van der Waals surface area contributed by atoms with E-state index < -0.39 is 9.75 Å². The Kier molecular flexibility index (Phi) is 4.60. The normalized spacial score (nSPS) is 21.7. The molecule has 1 saturated carbocycles. The Morgan fingerprint density at radius 2 is 1.95 bits per heavy atom. The molecule has 1 amide bonds. The predicted octanol–water partition coefficient (Wildman–Crippen LogP) is 5.36. The highest BCUT2D eigenvalue weighted by Gasteiger charge is 2.51. The number of alkyl halides is 2. The lowest BCUT2D eigenvalue weighted by atomic mass is 9.92. The summed E-state index contributed by atoms with van der Waals surface area (Å²) in [6.07, 6.45) is 1.80. The van der Waals surface area contributed by atoms with Gasteiger partial charge in [0, 0.05) is 11.1 Å². The Bertz CT molecular complexity index is 534. The first kappa shape index (κ1) is 16.6. The van der Waals surface area contributed by atoms with E-state index in [-0.39, 0.29) is 5.91 Å². The van der Waals surface area contributed by atoms with Crippen LogP contribution in [-0.4, -0.2) is 10.2 Å². The van der Waals surface area contributed by atoms with Gasteiger partial charge in [0.2, 0.25) is 5.91 Å². The van der Waals surface area contributed by atoms with Crippen LogP contribution in [0.25, 0.3) is 0 Å². The van der Waals surface area contributed by atoms with Gasteiger partial charge in [0.05, 0.1) is 0 Å². The van der Waals surface area contributed by atoms with Gasteiger partial charge in [0.25, 0.3) is 0 Å². The summed E-state index contributed by atoms with van der Waals surface area (Å²) in [6, 6.07) is 7.96. The van der Waals surface area contributed by atoms with E-state index in [4.69, 9.17) is 23.2 Å². The molecule has 1 fully saturated rings. The number of carbonyl (C=O) groups excluding carboxylic acids is 1. The summed E-state index contributed by atoms with van der Waals surface area (Å²) in [5.74, 6) is 0.686. The summed E-state index contributed by atoms with van der Waals surface area (Å²) in [6.45, 7) is 7.89. The molecule has 0 heterocycles. The van der Waals surface area contributed by atoms with Crippen molar-refractivity contribution in [1.29, 1.82) is 0 Å². The second-order valence-electron chi connectivity index (χ2n) is 7.09. The van der Waals surface area contributed by atoms with Crippen molar-refractivity contribution in [3.8, 4) is 0 Å². The second-order valence-corrected chi connectivity index (χ2v) is 8.63. The molecule has 116 valence electrons. The van der Waals surface area contributed by atoms with Crippen molar-refractivity contribution in [1.82, 2.24) is 0 Å². The zero-order chi connectivity index (χ0) is 15.8. The monoisotopic (exact) mass is 327 g/mol. The van der Waals surface area contributed by atoms with E-state index in [1.165, 1.54) is 0 Å². The molecule has 2 unspecified atom stereocenters. The minimum absolute atomic E-state index is 0.0256. The lowest BCUT2D eigenvalue weighted by Gasteiger charge is -2.21. The number of halogens is 2. The van der Waals surface area contributed by atoms with Crippen molar-refractivity contribution in [2.45, 2.75) is 50.8 Å². The van der Waals surface area contributed by atoms with Crippen LogP contribution in [0, 0.1) is 11.3 Å². The first-order chi connectivity index (χ1) is 9.61. The molecule has 0 bridgehead atoms. The number of benzene rings is 1. The van der Waals surface area contributed by atoms with E-state index in [0.717, 1.165) is 24.1 Å². The molecular formula is C17H23Cl2NO. The summed E-state index contributed by atoms with van der Waals surface area (Å²) < 4.78 is -0.544. The zero-order valence-corrected chi connectivity index (χ0v) is 14.6. The molecule has 1 aliphatic rings. The molecular weight excluding hydrogens is 305 g/mol. The largest absolute Gasteiger partial charge is 0.325 e. The van der Waals surface area contributed by atoms with E-state index >= 15 is 0 Å². The van der Waals surface area contributed by atoms with E-state index in [0.29, 0.717) is 11.8 Å². The number of carbonyl (C=O) groups is 1. The second kappa shape index (κ2) is 5.81. The third-order valence-electron chi connectivity index (χ3n) is 4.01. The van der Waals surface area contributed by atoms with Crippen molar-refractivity contribution in [2.75, 3.05) is 5.32 Å². The van der Waals surface area contributed by atoms with Gasteiger partial charge in [-0.2, -0.15) is 0 Å². The summed E-state index contributed by atoms with van der Waals surface area (Å²) in [4.78, 5) is 12.2. The van der Waals surface area contributed by atoms with E-state index in [2.05, 4.69) is 18.3 Å². The highest BCUT2D eigenvalue weighted by Crippen LogP contribution is 2.57. The van der Waals surface area contributed by atoms with Gasteiger partial charge in [-0.15, -0.1) is 23.2 Å². The molecule has 1 aromatic carbocycles. The molecule has 2 rings (SSSR count). The fourth-order valence-electron chi connectivity index (χ4n) is 2.43. The van der Waals surface area contributed by atoms with Gasteiger partial charge in [-0.1, -0.05) is 45.9 Å².